The van der Waals surface area contributed by atoms with Gasteiger partial charge in [0, 0.05) is 6.42 Å². The van der Waals surface area contributed by atoms with Crippen molar-refractivity contribution >= 4 is 23.7 Å². The van der Waals surface area contributed by atoms with Crippen molar-refractivity contribution in [3.8, 4) is 0 Å². The van der Waals surface area contributed by atoms with E-state index >= 15 is 0 Å². The monoisotopic (exact) mass is 499 g/mol. The van der Waals surface area contributed by atoms with Gasteiger partial charge in [0.2, 0.25) is 5.91 Å². The van der Waals surface area contributed by atoms with Gasteiger partial charge in [-0.2, -0.15) is 0 Å². The molecule has 3 amide bonds. The maximum atomic E-state index is 13.3. The number of hydrazine groups is 1. The lowest BCUT2D eigenvalue weighted by Gasteiger charge is -2.23. The molecule has 8 nitrogen and oxygen atoms in total. The molecule has 0 bridgehead atoms. The van der Waals surface area contributed by atoms with Gasteiger partial charge >= 0.3 is 5.97 Å². The summed E-state index contributed by atoms with van der Waals surface area (Å²) < 4.78 is 5.17. The fourth-order valence-corrected chi connectivity index (χ4v) is 4.32. The summed E-state index contributed by atoms with van der Waals surface area (Å²) in [6.45, 7) is 1.36. The Bertz CT molecular complexity index is 1190. The van der Waals surface area contributed by atoms with Crippen LogP contribution in [-0.4, -0.2) is 41.9 Å². The van der Waals surface area contributed by atoms with Crippen LogP contribution in [-0.2, 0) is 23.9 Å². The summed E-state index contributed by atoms with van der Waals surface area (Å²) in [4.78, 5) is 50.7. The van der Waals surface area contributed by atoms with Crippen molar-refractivity contribution in [2.75, 3.05) is 13.2 Å². The van der Waals surface area contributed by atoms with Crippen LogP contribution in [0.5, 0.6) is 0 Å². The third-order valence-electron chi connectivity index (χ3n) is 6.25. The number of benzene rings is 3. The number of carbonyl (C=O) groups excluding carboxylic acids is 4. The smallest absolute Gasteiger partial charge is 0.311 e. The summed E-state index contributed by atoms with van der Waals surface area (Å²) in [5.41, 5.74) is 5.17. The van der Waals surface area contributed by atoms with Crippen molar-refractivity contribution in [2.45, 2.75) is 25.3 Å². The zero-order valence-corrected chi connectivity index (χ0v) is 20.5. The first-order valence-electron chi connectivity index (χ1n) is 12.1. The van der Waals surface area contributed by atoms with Crippen LogP contribution >= 0.6 is 0 Å². The van der Waals surface area contributed by atoms with Crippen LogP contribution in [0.1, 0.15) is 42.0 Å². The minimum Gasteiger partial charge on any atom is -0.455 e. The third kappa shape index (κ3) is 6.61. The van der Waals surface area contributed by atoms with Crippen LogP contribution in [0, 0.1) is 5.92 Å². The predicted molar refractivity (Wildman–Crippen MR) is 137 cm³/mol. The fourth-order valence-electron chi connectivity index (χ4n) is 4.32. The second-order valence-corrected chi connectivity index (χ2v) is 8.94. The van der Waals surface area contributed by atoms with Crippen LogP contribution < -0.4 is 10.7 Å². The lowest BCUT2D eigenvalue weighted by atomic mass is 9.91. The molecule has 1 saturated heterocycles. The second-order valence-electron chi connectivity index (χ2n) is 8.94. The predicted octanol–water partition coefficient (Wildman–Crippen LogP) is 3.12. The Morgan fingerprint density at radius 2 is 1.38 bits per heavy atom. The molecule has 0 aromatic heterocycles. The van der Waals surface area contributed by atoms with E-state index < -0.39 is 36.2 Å². The summed E-state index contributed by atoms with van der Waals surface area (Å²) in [6.07, 6.45) is -0.109. The Labute approximate surface area is 215 Å². The highest BCUT2D eigenvalue weighted by molar-refractivity contribution is 5.92. The molecule has 1 heterocycles. The van der Waals surface area contributed by atoms with Gasteiger partial charge in [-0.3, -0.25) is 29.6 Å². The first-order chi connectivity index (χ1) is 17.9. The van der Waals surface area contributed by atoms with E-state index in [1.807, 2.05) is 97.9 Å². The lowest BCUT2D eigenvalue weighted by Crippen LogP contribution is -2.45. The van der Waals surface area contributed by atoms with E-state index in [1.54, 1.807) is 0 Å². The van der Waals surface area contributed by atoms with Crippen molar-refractivity contribution in [3.63, 3.8) is 0 Å². The fraction of sp³-hybridized carbons (Fsp3) is 0.241. The maximum absolute atomic E-state index is 13.3. The molecule has 8 heteroatoms. The molecule has 2 atom stereocenters. The Morgan fingerprint density at radius 1 is 0.865 bits per heavy atom. The van der Waals surface area contributed by atoms with Crippen LogP contribution in [0.3, 0.4) is 0 Å². The molecule has 4 rings (SSSR count). The molecule has 2 N–H and O–H groups in total. The van der Waals surface area contributed by atoms with Crippen molar-refractivity contribution in [3.05, 3.63) is 108 Å². The van der Waals surface area contributed by atoms with Crippen LogP contribution in [0.25, 0.3) is 0 Å². The summed E-state index contributed by atoms with van der Waals surface area (Å²) >= 11 is 0. The molecule has 3 aromatic carbocycles. The van der Waals surface area contributed by atoms with Crippen LogP contribution in [0.15, 0.2) is 91.0 Å². The Morgan fingerprint density at radius 3 is 1.92 bits per heavy atom. The molecule has 0 aliphatic carbocycles. The number of rotatable bonds is 9. The van der Waals surface area contributed by atoms with E-state index in [0.29, 0.717) is 0 Å². The van der Waals surface area contributed by atoms with Gasteiger partial charge in [-0.25, -0.2) is 0 Å². The van der Waals surface area contributed by atoms with E-state index in [4.69, 9.17) is 4.74 Å². The van der Waals surface area contributed by atoms with Gasteiger partial charge in [0.05, 0.1) is 24.4 Å². The molecular formula is C29H29N3O5. The Hall–Kier alpha value is -4.46. The highest BCUT2D eigenvalue weighted by atomic mass is 16.5. The Kier molecular flexibility index (Phi) is 8.30. The molecule has 190 valence electrons. The average molecular weight is 500 g/mol. The maximum Gasteiger partial charge on any atom is 0.311 e. The molecule has 0 radical (unpaired) electrons. The molecule has 1 aliphatic heterocycles. The normalized spacial score (nSPS) is 15.8. The minimum absolute atomic E-state index is 0.0260. The van der Waals surface area contributed by atoms with Crippen molar-refractivity contribution in [2.24, 2.45) is 5.92 Å². The minimum atomic E-state index is -0.779. The van der Waals surface area contributed by atoms with Gasteiger partial charge in [-0.1, -0.05) is 91.0 Å². The van der Waals surface area contributed by atoms with Gasteiger partial charge in [0.15, 0.2) is 6.61 Å². The first-order valence-corrected chi connectivity index (χ1v) is 12.1. The molecule has 0 spiro atoms. The number of hydrogen-bond acceptors (Lipinski definition) is 5. The molecule has 0 unspecified atom stereocenters. The average Bonchev–Trinajstić information content (AvgIpc) is 3.29. The molecule has 1 fully saturated rings. The topological polar surface area (TPSA) is 105 Å². The van der Waals surface area contributed by atoms with E-state index in [0.717, 1.165) is 21.7 Å². The van der Waals surface area contributed by atoms with Gasteiger partial charge in [0.1, 0.15) is 0 Å². The van der Waals surface area contributed by atoms with Crippen molar-refractivity contribution in [1.29, 1.82) is 0 Å². The van der Waals surface area contributed by atoms with Gasteiger partial charge < -0.3 is 10.1 Å². The molecule has 3 aromatic rings. The molecule has 0 saturated carbocycles. The first kappa shape index (κ1) is 25.6. The van der Waals surface area contributed by atoms with E-state index in [9.17, 15) is 19.2 Å². The zero-order chi connectivity index (χ0) is 26.2. The highest BCUT2D eigenvalue weighted by Gasteiger charge is 2.37. The molecule has 1 aliphatic rings. The third-order valence-corrected chi connectivity index (χ3v) is 6.25. The number of esters is 1. The zero-order valence-electron chi connectivity index (χ0n) is 20.5. The van der Waals surface area contributed by atoms with Crippen molar-refractivity contribution in [1.82, 2.24) is 15.8 Å². The highest BCUT2D eigenvalue weighted by Crippen LogP contribution is 2.26. The number of nitrogens with one attached hydrogen (secondary N) is 2. The number of ether oxygens (including phenoxy) is 1. The lowest BCUT2D eigenvalue weighted by molar-refractivity contribution is -0.152. The quantitative estimate of drug-likeness (QED) is 0.440. The number of hydrogen-bond donors (Lipinski definition) is 2. The van der Waals surface area contributed by atoms with E-state index in [1.165, 1.54) is 0 Å². The Balaban J connectivity index is 1.32. The van der Waals surface area contributed by atoms with Gasteiger partial charge in [-0.05, 0) is 23.6 Å². The number of amides is 3. The summed E-state index contributed by atoms with van der Waals surface area (Å²) in [5, 5.41) is 3.94. The number of nitrogens with zero attached hydrogens (tertiary/aromatic N) is 1. The second kappa shape index (κ2) is 12.0. The van der Waals surface area contributed by atoms with Gasteiger partial charge in [0.25, 0.3) is 11.8 Å². The van der Waals surface area contributed by atoms with Gasteiger partial charge in [-0.15, -0.1) is 0 Å². The van der Waals surface area contributed by atoms with Crippen LogP contribution in [0.4, 0.5) is 0 Å². The standard InChI is InChI=1S/C29H29N3O5/c1-20(21-11-5-2-6-12-21)30-25(33)19-37-29(36)24-17-26(34)32(18-24)31-28(35)27(22-13-7-3-8-14-22)23-15-9-4-10-16-23/h2-16,20,24,27H,17-19H2,1H3,(H,30,33)(H,31,35)/t20-,24+/m1/s1. The van der Waals surface area contributed by atoms with Crippen molar-refractivity contribution < 1.29 is 23.9 Å². The summed E-state index contributed by atoms with van der Waals surface area (Å²) in [5.74, 6) is -3.27. The molecular weight excluding hydrogens is 470 g/mol. The summed E-state index contributed by atoms with van der Waals surface area (Å²) in [6, 6.07) is 27.7. The summed E-state index contributed by atoms with van der Waals surface area (Å²) in [7, 11) is 0. The SMILES string of the molecule is C[C@@H](NC(=O)COC(=O)[C@H]1CC(=O)N(NC(=O)C(c2ccccc2)c2ccccc2)C1)c1ccccc1. The van der Waals surface area contributed by atoms with Crippen LogP contribution in [0.2, 0.25) is 0 Å². The largest absolute Gasteiger partial charge is 0.455 e. The van der Waals surface area contributed by atoms with E-state index in [-0.39, 0.29) is 24.9 Å². The van der Waals surface area contributed by atoms with E-state index in [2.05, 4.69) is 10.7 Å². The number of carbonyl (C=O) groups is 4. The molecule has 37 heavy (non-hydrogen) atoms.